The third-order valence-corrected chi connectivity index (χ3v) is 3.05. The maximum atomic E-state index is 7.11. The molecule has 0 heterocycles. The maximum absolute atomic E-state index is 7.11. The summed E-state index contributed by atoms with van der Waals surface area (Å²) in [7, 11) is 0. The molecule has 0 aromatic rings. The zero-order chi connectivity index (χ0) is 8.43. The second kappa shape index (κ2) is 3.22. The molecule has 0 amide bonds. The monoisotopic (exact) mass is 214 g/mol. The van der Waals surface area contributed by atoms with Crippen LogP contribution in [0.4, 0.5) is 0 Å². The van der Waals surface area contributed by atoms with E-state index >= 15 is 0 Å². The van der Waals surface area contributed by atoms with Crippen molar-refractivity contribution in [2.75, 3.05) is 0 Å². The molecule has 3 N–H and O–H groups in total. The number of nitrogens with two attached hydrogens (primary N) is 1. The lowest BCUT2D eigenvalue weighted by molar-refractivity contribution is 0.716. The van der Waals surface area contributed by atoms with Crippen LogP contribution < -0.4 is 5.73 Å². The number of halogens is 1. The molecule has 1 aliphatic carbocycles. The first-order valence-electron chi connectivity index (χ1n) is 3.53. The van der Waals surface area contributed by atoms with E-state index in [2.05, 4.69) is 22.9 Å². The Kier molecular flexibility index (Phi) is 2.49. The molecule has 0 saturated carbocycles. The molecular formula is C8H11BrN2. The smallest absolute Gasteiger partial charge is 0.0370 e. The van der Waals surface area contributed by atoms with E-state index in [9.17, 15) is 0 Å². The number of rotatable bonds is 1. The highest BCUT2D eigenvalue weighted by atomic mass is 79.9. The Labute approximate surface area is 74.8 Å². The predicted octanol–water partition coefficient (Wildman–Crippen LogP) is 2.17. The lowest BCUT2D eigenvalue weighted by Crippen LogP contribution is -2.11. The summed E-state index contributed by atoms with van der Waals surface area (Å²) in [5.41, 5.74) is 7.20. The van der Waals surface area contributed by atoms with Crippen molar-refractivity contribution in [3.8, 4) is 0 Å². The average Bonchev–Trinajstić information content (AvgIpc) is 1.99. The summed E-state index contributed by atoms with van der Waals surface area (Å²) in [5, 5.41) is 7.11. The lowest BCUT2D eigenvalue weighted by atomic mass is 9.96. The highest BCUT2D eigenvalue weighted by Gasteiger charge is 2.15. The van der Waals surface area contributed by atoms with E-state index in [4.69, 9.17) is 11.1 Å². The van der Waals surface area contributed by atoms with Crippen molar-refractivity contribution in [2.45, 2.75) is 13.3 Å². The number of hydrogen-bond acceptors (Lipinski definition) is 2. The molecule has 0 spiro atoms. The van der Waals surface area contributed by atoms with Crippen molar-refractivity contribution in [3.05, 3.63) is 21.8 Å². The van der Waals surface area contributed by atoms with Gasteiger partial charge in [0, 0.05) is 22.0 Å². The average molecular weight is 215 g/mol. The Morgan fingerprint density at radius 2 is 2.45 bits per heavy atom. The third-order valence-electron chi connectivity index (χ3n) is 1.84. The van der Waals surface area contributed by atoms with Gasteiger partial charge in [0.1, 0.15) is 0 Å². The van der Waals surface area contributed by atoms with Crippen LogP contribution in [0.3, 0.4) is 0 Å². The van der Waals surface area contributed by atoms with Crippen molar-refractivity contribution < 1.29 is 0 Å². The summed E-state index contributed by atoms with van der Waals surface area (Å²) >= 11 is 3.43. The van der Waals surface area contributed by atoms with Crippen LogP contribution in [0.5, 0.6) is 0 Å². The van der Waals surface area contributed by atoms with E-state index < -0.39 is 0 Å². The molecule has 0 aliphatic heterocycles. The highest BCUT2D eigenvalue weighted by Crippen LogP contribution is 2.30. The number of hydrogen-bond donors (Lipinski definition) is 2. The zero-order valence-electron chi connectivity index (χ0n) is 6.39. The van der Waals surface area contributed by atoms with Crippen LogP contribution in [0.25, 0.3) is 0 Å². The van der Waals surface area contributed by atoms with Crippen molar-refractivity contribution in [2.24, 2.45) is 11.7 Å². The third kappa shape index (κ3) is 1.53. The van der Waals surface area contributed by atoms with Gasteiger partial charge in [0.25, 0.3) is 0 Å². The van der Waals surface area contributed by atoms with Gasteiger partial charge in [-0.2, -0.15) is 0 Å². The molecule has 1 unspecified atom stereocenters. The van der Waals surface area contributed by atoms with Gasteiger partial charge in [-0.05, 0) is 12.3 Å². The normalized spacial score (nSPS) is 24.9. The number of nitrogens with one attached hydrogen (secondary N) is 1. The fraction of sp³-hybridized carbons (Fsp3) is 0.375. The van der Waals surface area contributed by atoms with E-state index in [0.717, 1.165) is 16.5 Å². The van der Waals surface area contributed by atoms with Gasteiger partial charge in [-0.1, -0.05) is 28.9 Å². The quantitative estimate of drug-likeness (QED) is 0.647. The lowest BCUT2D eigenvalue weighted by Gasteiger charge is -2.17. The van der Waals surface area contributed by atoms with Gasteiger partial charge in [0.05, 0.1) is 0 Å². The van der Waals surface area contributed by atoms with Crippen LogP contribution in [0.2, 0.25) is 0 Å². The highest BCUT2D eigenvalue weighted by molar-refractivity contribution is 9.11. The molecule has 2 nitrogen and oxygen atoms in total. The van der Waals surface area contributed by atoms with Gasteiger partial charge >= 0.3 is 0 Å². The van der Waals surface area contributed by atoms with Crippen LogP contribution in [0.1, 0.15) is 13.3 Å². The second-order valence-corrected chi connectivity index (χ2v) is 3.56. The molecule has 0 fully saturated rings. The van der Waals surface area contributed by atoms with E-state index in [1.807, 2.05) is 6.08 Å². The molecule has 0 bridgehead atoms. The Hall–Kier alpha value is -0.570. The molecule has 0 aromatic heterocycles. The van der Waals surface area contributed by atoms with Crippen molar-refractivity contribution in [1.29, 1.82) is 5.41 Å². The molecule has 1 atom stereocenters. The van der Waals surface area contributed by atoms with E-state index in [-0.39, 0.29) is 0 Å². The van der Waals surface area contributed by atoms with Crippen LogP contribution in [0.15, 0.2) is 21.8 Å². The first-order valence-corrected chi connectivity index (χ1v) is 4.32. The van der Waals surface area contributed by atoms with Gasteiger partial charge in [-0.3, -0.25) is 0 Å². The van der Waals surface area contributed by atoms with Crippen LogP contribution in [-0.2, 0) is 0 Å². The van der Waals surface area contributed by atoms with E-state index in [1.165, 1.54) is 6.21 Å². The van der Waals surface area contributed by atoms with Crippen LogP contribution in [0, 0.1) is 11.3 Å². The summed E-state index contributed by atoms with van der Waals surface area (Å²) in [6.07, 6.45) is 4.23. The molecule has 11 heavy (non-hydrogen) atoms. The van der Waals surface area contributed by atoms with Crippen molar-refractivity contribution in [3.63, 3.8) is 0 Å². The fourth-order valence-corrected chi connectivity index (χ4v) is 1.60. The Bertz CT molecular complexity index is 240. The van der Waals surface area contributed by atoms with E-state index in [1.54, 1.807) is 0 Å². The standard InChI is InChI=1S/C8H11BrN2/c1-5-2-3-7(11)6(4-10)8(5)9/h3-5,10H,2,11H2,1H3. The van der Waals surface area contributed by atoms with Gasteiger partial charge in [0.2, 0.25) is 0 Å². The van der Waals surface area contributed by atoms with Crippen LogP contribution in [-0.4, -0.2) is 6.21 Å². The molecule has 3 heteroatoms. The maximum Gasteiger partial charge on any atom is 0.0370 e. The Morgan fingerprint density at radius 1 is 1.82 bits per heavy atom. The molecule has 0 radical (unpaired) electrons. The molecule has 1 rings (SSSR count). The van der Waals surface area contributed by atoms with Gasteiger partial charge in [0.15, 0.2) is 0 Å². The van der Waals surface area contributed by atoms with Gasteiger partial charge in [-0.25, -0.2) is 0 Å². The van der Waals surface area contributed by atoms with Gasteiger partial charge < -0.3 is 11.1 Å². The molecule has 0 aromatic carbocycles. The molecule has 0 saturated heterocycles. The van der Waals surface area contributed by atoms with Crippen molar-refractivity contribution >= 4 is 22.1 Å². The minimum atomic E-state index is 0.457. The summed E-state index contributed by atoms with van der Waals surface area (Å²) in [6, 6.07) is 0. The minimum Gasteiger partial charge on any atom is -0.398 e. The largest absolute Gasteiger partial charge is 0.398 e. The number of allylic oxidation sites excluding steroid dienone is 3. The Balaban J connectivity index is 3.05. The fourth-order valence-electron chi connectivity index (χ4n) is 1.07. The van der Waals surface area contributed by atoms with Crippen molar-refractivity contribution in [1.82, 2.24) is 0 Å². The molecule has 60 valence electrons. The zero-order valence-corrected chi connectivity index (χ0v) is 7.98. The first-order chi connectivity index (χ1) is 5.16. The summed E-state index contributed by atoms with van der Waals surface area (Å²) in [6.45, 7) is 2.11. The van der Waals surface area contributed by atoms with E-state index in [0.29, 0.717) is 11.6 Å². The van der Waals surface area contributed by atoms with Crippen LogP contribution >= 0.6 is 15.9 Å². The van der Waals surface area contributed by atoms with Gasteiger partial charge in [-0.15, -0.1) is 0 Å². The summed E-state index contributed by atoms with van der Waals surface area (Å²) in [5.74, 6) is 0.457. The first kappa shape index (κ1) is 8.53. The minimum absolute atomic E-state index is 0.457. The second-order valence-electron chi connectivity index (χ2n) is 2.70. The molecule has 1 aliphatic rings. The summed E-state index contributed by atoms with van der Waals surface area (Å²) in [4.78, 5) is 0. The SMILES string of the molecule is CC1CC=C(N)C(C=N)=C1Br. The summed E-state index contributed by atoms with van der Waals surface area (Å²) < 4.78 is 1.05. The topological polar surface area (TPSA) is 49.9 Å². The molecular weight excluding hydrogens is 204 g/mol. The Morgan fingerprint density at radius 3 is 2.91 bits per heavy atom. The predicted molar refractivity (Wildman–Crippen MR) is 50.8 cm³/mol.